The van der Waals surface area contributed by atoms with Crippen LogP contribution in [0.2, 0.25) is 5.02 Å². The van der Waals surface area contributed by atoms with Gasteiger partial charge in [-0.2, -0.15) is 0 Å². The smallest absolute Gasteiger partial charge is 0.0843 e. The third-order valence-corrected chi connectivity index (χ3v) is 6.46. The summed E-state index contributed by atoms with van der Waals surface area (Å²) in [5.41, 5.74) is 2.48. The number of hydrogen-bond donors (Lipinski definition) is 1. The average molecular weight is 424 g/mol. The van der Waals surface area contributed by atoms with E-state index in [2.05, 4.69) is 63.2 Å². The van der Waals surface area contributed by atoms with E-state index in [1.54, 1.807) is 11.3 Å². The van der Waals surface area contributed by atoms with Crippen LogP contribution in [0.5, 0.6) is 0 Å². The quantitative estimate of drug-likeness (QED) is 0.642. The molecular weight excluding hydrogens is 409 g/mol. The summed E-state index contributed by atoms with van der Waals surface area (Å²) < 4.78 is 2.22. The molecule has 1 N–H and O–H groups in total. The van der Waals surface area contributed by atoms with Gasteiger partial charge >= 0.3 is 0 Å². The van der Waals surface area contributed by atoms with Gasteiger partial charge in [0.2, 0.25) is 0 Å². The number of benzene rings is 1. The van der Waals surface area contributed by atoms with Crippen molar-refractivity contribution in [2.75, 3.05) is 6.54 Å². The van der Waals surface area contributed by atoms with Gasteiger partial charge in [0.05, 0.1) is 9.83 Å². The molecule has 0 aliphatic rings. The minimum absolute atomic E-state index is 0.204. The highest BCUT2D eigenvalue weighted by Crippen LogP contribution is 2.38. The van der Waals surface area contributed by atoms with Crippen LogP contribution in [0.15, 0.2) is 32.5 Å². The molecule has 1 nitrogen and oxygen atoms in total. The molecule has 5 heteroatoms. The molecule has 0 fully saturated rings. The Bertz CT molecular complexity index is 563. The summed E-state index contributed by atoms with van der Waals surface area (Å²) in [5, 5.41) is 4.32. The first-order valence-corrected chi connectivity index (χ1v) is 8.75. The number of thiophene rings is 1. The van der Waals surface area contributed by atoms with Crippen LogP contribution < -0.4 is 5.32 Å². The maximum atomic E-state index is 6.04. The SMILES string of the molecule is CCNC(c1cc(Br)c(Br)s1)c1ccc(Cl)cc1C. The average Bonchev–Trinajstić information content (AvgIpc) is 2.67. The van der Waals surface area contributed by atoms with Crippen LogP contribution >= 0.6 is 54.8 Å². The maximum absolute atomic E-state index is 6.04. The van der Waals surface area contributed by atoms with Gasteiger partial charge in [-0.25, -0.2) is 0 Å². The molecule has 0 spiro atoms. The molecule has 0 radical (unpaired) electrons. The number of aryl methyl sites for hydroxylation is 1. The molecule has 102 valence electrons. The highest BCUT2D eigenvalue weighted by atomic mass is 79.9. The number of nitrogens with one attached hydrogen (secondary N) is 1. The largest absolute Gasteiger partial charge is 0.306 e. The van der Waals surface area contributed by atoms with E-state index < -0.39 is 0 Å². The Hall–Kier alpha value is 0.130. The molecule has 0 amide bonds. The van der Waals surface area contributed by atoms with Crippen molar-refractivity contribution in [2.24, 2.45) is 0 Å². The van der Waals surface area contributed by atoms with Gasteiger partial charge in [-0.1, -0.05) is 24.6 Å². The molecule has 1 heterocycles. The highest BCUT2D eigenvalue weighted by molar-refractivity contribution is 9.13. The number of hydrogen-bond acceptors (Lipinski definition) is 2. The van der Waals surface area contributed by atoms with Gasteiger partial charge in [-0.05, 0) is 74.7 Å². The van der Waals surface area contributed by atoms with Crippen molar-refractivity contribution in [3.8, 4) is 0 Å². The molecule has 0 saturated heterocycles. The van der Waals surface area contributed by atoms with Gasteiger partial charge in [0, 0.05) is 14.4 Å². The molecule has 1 aromatic heterocycles. The number of halogens is 3. The van der Waals surface area contributed by atoms with E-state index >= 15 is 0 Å². The zero-order valence-electron chi connectivity index (χ0n) is 10.6. The Morgan fingerprint density at radius 3 is 2.58 bits per heavy atom. The molecule has 0 saturated carbocycles. The van der Waals surface area contributed by atoms with Gasteiger partial charge in [0.25, 0.3) is 0 Å². The molecule has 1 atom stereocenters. The Kier molecular flexibility index (Phi) is 5.49. The summed E-state index contributed by atoms with van der Waals surface area (Å²) in [6, 6.07) is 8.43. The van der Waals surface area contributed by atoms with Crippen LogP contribution in [0.4, 0.5) is 0 Å². The van der Waals surface area contributed by atoms with E-state index in [-0.39, 0.29) is 6.04 Å². The zero-order valence-corrected chi connectivity index (χ0v) is 15.4. The zero-order chi connectivity index (χ0) is 14.0. The molecule has 1 aromatic carbocycles. The minimum Gasteiger partial charge on any atom is -0.306 e. The van der Waals surface area contributed by atoms with Crippen molar-refractivity contribution in [3.63, 3.8) is 0 Å². The number of rotatable bonds is 4. The third-order valence-electron chi connectivity index (χ3n) is 2.90. The molecule has 0 bridgehead atoms. The standard InChI is InChI=1S/C14H14Br2ClNS/c1-3-18-13(12-7-11(15)14(16)19-12)10-5-4-9(17)6-8(10)2/h4-7,13,18H,3H2,1-2H3. The Balaban J connectivity index is 2.44. The Morgan fingerprint density at radius 1 is 1.32 bits per heavy atom. The van der Waals surface area contributed by atoms with Crippen LogP contribution in [-0.4, -0.2) is 6.54 Å². The van der Waals surface area contributed by atoms with Gasteiger partial charge in [-0.3, -0.25) is 0 Å². The normalized spacial score (nSPS) is 12.7. The molecule has 19 heavy (non-hydrogen) atoms. The fraction of sp³-hybridized carbons (Fsp3) is 0.286. The van der Waals surface area contributed by atoms with Gasteiger partial charge in [0.15, 0.2) is 0 Å². The second-order valence-electron chi connectivity index (χ2n) is 4.26. The van der Waals surface area contributed by atoms with E-state index in [1.165, 1.54) is 16.0 Å². The van der Waals surface area contributed by atoms with Gasteiger partial charge < -0.3 is 5.32 Å². The highest BCUT2D eigenvalue weighted by Gasteiger charge is 2.18. The van der Waals surface area contributed by atoms with Crippen molar-refractivity contribution in [1.29, 1.82) is 0 Å². The van der Waals surface area contributed by atoms with Crippen molar-refractivity contribution >= 4 is 54.8 Å². The lowest BCUT2D eigenvalue weighted by Crippen LogP contribution is -2.21. The minimum atomic E-state index is 0.204. The molecule has 2 rings (SSSR count). The van der Waals surface area contributed by atoms with Crippen LogP contribution in [-0.2, 0) is 0 Å². The summed E-state index contributed by atoms with van der Waals surface area (Å²) in [6.45, 7) is 5.14. The molecule has 2 aromatic rings. The lowest BCUT2D eigenvalue weighted by Gasteiger charge is -2.19. The van der Waals surface area contributed by atoms with E-state index in [0.717, 1.165) is 19.8 Å². The molecule has 1 unspecified atom stereocenters. The van der Waals surface area contributed by atoms with Crippen LogP contribution in [0, 0.1) is 6.92 Å². The Morgan fingerprint density at radius 2 is 2.05 bits per heavy atom. The summed E-state index contributed by atoms with van der Waals surface area (Å²) in [6.07, 6.45) is 0. The molecular formula is C14H14Br2ClNS. The summed E-state index contributed by atoms with van der Waals surface area (Å²) >= 11 is 14.9. The van der Waals surface area contributed by atoms with E-state index in [1.807, 2.05) is 12.1 Å². The third kappa shape index (κ3) is 3.61. The predicted molar refractivity (Wildman–Crippen MR) is 91.4 cm³/mol. The second-order valence-corrected chi connectivity index (χ2v) is 7.95. The monoisotopic (exact) mass is 421 g/mol. The molecule has 0 aliphatic heterocycles. The fourth-order valence-corrected chi connectivity index (χ4v) is 4.45. The first-order chi connectivity index (χ1) is 9.02. The van der Waals surface area contributed by atoms with E-state index in [0.29, 0.717) is 0 Å². The Labute approximate surface area is 139 Å². The first-order valence-electron chi connectivity index (χ1n) is 5.97. The first kappa shape index (κ1) is 15.5. The van der Waals surface area contributed by atoms with E-state index in [4.69, 9.17) is 11.6 Å². The van der Waals surface area contributed by atoms with Crippen LogP contribution in [0.1, 0.15) is 29.0 Å². The predicted octanol–water partition coefficient (Wildman–Crippen LogP) is 5.93. The summed E-state index contributed by atoms with van der Waals surface area (Å²) in [5.74, 6) is 0. The topological polar surface area (TPSA) is 12.0 Å². The lowest BCUT2D eigenvalue weighted by atomic mass is 10.00. The van der Waals surface area contributed by atoms with E-state index in [9.17, 15) is 0 Å². The summed E-state index contributed by atoms with van der Waals surface area (Å²) in [4.78, 5) is 1.28. The van der Waals surface area contributed by atoms with Gasteiger partial charge in [-0.15, -0.1) is 11.3 Å². The van der Waals surface area contributed by atoms with Crippen molar-refractivity contribution in [1.82, 2.24) is 5.32 Å². The van der Waals surface area contributed by atoms with Crippen molar-refractivity contribution in [2.45, 2.75) is 19.9 Å². The second kappa shape index (κ2) is 6.72. The van der Waals surface area contributed by atoms with Crippen LogP contribution in [0.25, 0.3) is 0 Å². The van der Waals surface area contributed by atoms with Gasteiger partial charge in [0.1, 0.15) is 0 Å². The van der Waals surface area contributed by atoms with Crippen molar-refractivity contribution < 1.29 is 0 Å². The maximum Gasteiger partial charge on any atom is 0.0843 e. The van der Waals surface area contributed by atoms with Crippen LogP contribution in [0.3, 0.4) is 0 Å². The molecule has 0 aliphatic carbocycles. The lowest BCUT2D eigenvalue weighted by molar-refractivity contribution is 0.636. The summed E-state index contributed by atoms with van der Waals surface area (Å²) in [7, 11) is 0. The fourth-order valence-electron chi connectivity index (χ4n) is 2.04. The van der Waals surface area contributed by atoms with Crippen molar-refractivity contribution in [3.05, 3.63) is 53.6 Å².